The average molecular weight is 197 g/mol. The molecule has 0 spiro atoms. The number of carbonyl (C=O) groups is 1. The molecule has 1 atom stereocenters. The van der Waals surface area contributed by atoms with Crippen molar-refractivity contribution in [3.8, 4) is 0 Å². The summed E-state index contributed by atoms with van der Waals surface area (Å²) in [7, 11) is 1.80. The monoisotopic (exact) mass is 197 g/mol. The molecule has 14 heavy (non-hydrogen) atoms. The number of nitrogens with zero attached hydrogens (tertiary/aromatic N) is 2. The molecule has 80 valence electrons. The van der Waals surface area contributed by atoms with Gasteiger partial charge in [-0.05, 0) is 6.42 Å². The van der Waals surface area contributed by atoms with Crippen LogP contribution < -0.4 is 5.73 Å². The van der Waals surface area contributed by atoms with Crippen LogP contribution in [0.2, 0.25) is 0 Å². The fraction of sp³-hybridized carbons (Fsp3) is 0.800. The van der Waals surface area contributed by atoms with E-state index in [1.165, 1.54) is 0 Å². The number of amidine groups is 1. The van der Waals surface area contributed by atoms with Crippen molar-refractivity contribution in [2.75, 3.05) is 13.6 Å². The molecule has 1 fully saturated rings. The summed E-state index contributed by atoms with van der Waals surface area (Å²) in [6.07, 6.45) is 0.784. The maximum Gasteiger partial charge on any atom is 0.247 e. The molecule has 1 saturated heterocycles. The first kappa shape index (κ1) is 11.0. The second kappa shape index (κ2) is 3.59. The minimum atomic E-state index is -0.251. The highest BCUT2D eigenvalue weighted by Gasteiger charge is 2.29. The first-order chi connectivity index (χ1) is 6.32. The van der Waals surface area contributed by atoms with E-state index in [0.717, 1.165) is 13.0 Å². The third kappa shape index (κ3) is 2.25. The van der Waals surface area contributed by atoms with Crippen molar-refractivity contribution < 1.29 is 4.79 Å². The van der Waals surface area contributed by atoms with Crippen LogP contribution in [0.1, 0.15) is 27.2 Å². The fourth-order valence-corrected chi connectivity index (χ4v) is 1.29. The normalized spacial score (nSPS) is 24.6. The number of hydrogen-bond donors (Lipinski definition) is 1. The van der Waals surface area contributed by atoms with E-state index in [4.69, 9.17) is 5.73 Å². The summed E-state index contributed by atoms with van der Waals surface area (Å²) in [5.41, 5.74) is 5.67. The van der Waals surface area contributed by atoms with Crippen LogP contribution in [0.5, 0.6) is 0 Å². The van der Waals surface area contributed by atoms with E-state index in [9.17, 15) is 4.79 Å². The van der Waals surface area contributed by atoms with Gasteiger partial charge in [0.2, 0.25) is 5.91 Å². The van der Waals surface area contributed by atoms with Crippen molar-refractivity contribution in [3.05, 3.63) is 0 Å². The third-order valence-electron chi connectivity index (χ3n) is 2.46. The van der Waals surface area contributed by atoms with Crippen LogP contribution in [0.15, 0.2) is 4.99 Å². The summed E-state index contributed by atoms with van der Waals surface area (Å²) < 4.78 is 0. The Hall–Kier alpha value is -1.06. The van der Waals surface area contributed by atoms with E-state index in [1.54, 1.807) is 11.9 Å². The molecule has 0 aliphatic carbocycles. The summed E-state index contributed by atoms with van der Waals surface area (Å²) in [5.74, 6) is 0.642. The van der Waals surface area contributed by atoms with Gasteiger partial charge in [-0.1, -0.05) is 20.8 Å². The van der Waals surface area contributed by atoms with E-state index in [-0.39, 0.29) is 17.4 Å². The topological polar surface area (TPSA) is 58.7 Å². The predicted octanol–water partition coefficient (Wildman–Crippen LogP) is 0.620. The summed E-state index contributed by atoms with van der Waals surface area (Å²) in [5, 5.41) is 0. The van der Waals surface area contributed by atoms with Crippen molar-refractivity contribution in [1.82, 2.24) is 4.90 Å². The van der Waals surface area contributed by atoms with Gasteiger partial charge in [-0.3, -0.25) is 9.79 Å². The van der Waals surface area contributed by atoms with Crippen molar-refractivity contribution in [2.45, 2.75) is 33.2 Å². The zero-order chi connectivity index (χ0) is 10.9. The van der Waals surface area contributed by atoms with Gasteiger partial charge in [0.05, 0.1) is 0 Å². The number of nitrogens with two attached hydrogens (primary N) is 1. The second-order valence-electron chi connectivity index (χ2n) is 4.83. The predicted molar refractivity (Wildman–Crippen MR) is 57.1 cm³/mol. The zero-order valence-electron chi connectivity index (χ0n) is 9.37. The lowest BCUT2D eigenvalue weighted by molar-refractivity contribution is -0.127. The minimum Gasteiger partial charge on any atom is -0.387 e. The summed E-state index contributed by atoms with van der Waals surface area (Å²) in [6, 6.07) is -0.251. The molecular formula is C10H19N3O. The lowest BCUT2D eigenvalue weighted by Crippen LogP contribution is -2.33. The molecule has 1 rings (SSSR count). The highest BCUT2D eigenvalue weighted by Crippen LogP contribution is 2.17. The Kier molecular flexibility index (Phi) is 2.83. The van der Waals surface area contributed by atoms with Crippen LogP contribution in [-0.4, -0.2) is 36.3 Å². The highest BCUT2D eigenvalue weighted by atomic mass is 16.2. The Morgan fingerprint density at radius 2 is 2.14 bits per heavy atom. The van der Waals surface area contributed by atoms with Gasteiger partial charge in [0.25, 0.3) is 0 Å². The van der Waals surface area contributed by atoms with Crippen LogP contribution >= 0.6 is 0 Å². The fourth-order valence-electron chi connectivity index (χ4n) is 1.29. The first-order valence-corrected chi connectivity index (χ1v) is 4.91. The molecule has 2 N–H and O–H groups in total. The number of amides is 1. The Morgan fingerprint density at radius 1 is 1.57 bits per heavy atom. The van der Waals surface area contributed by atoms with Crippen molar-refractivity contribution in [2.24, 2.45) is 16.1 Å². The Morgan fingerprint density at radius 3 is 2.50 bits per heavy atom. The van der Waals surface area contributed by atoms with Crippen LogP contribution in [0.4, 0.5) is 0 Å². The first-order valence-electron chi connectivity index (χ1n) is 4.91. The van der Waals surface area contributed by atoms with Gasteiger partial charge in [-0.25, -0.2) is 0 Å². The summed E-state index contributed by atoms with van der Waals surface area (Å²) in [4.78, 5) is 17.5. The number of likely N-dealkylation sites (N-methyl/N-ethyl adjacent to an activating group) is 1. The smallest absolute Gasteiger partial charge is 0.247 e. The van der Waals surface area contributed by atoms with Gasteiger partial charge >= 0.3 is 0 Å². The van der Waals surface area contributed by atoms with Gasteiger partial charge in [-0.2, -0.15) is 0 Å². The van der Waals surface area contributed by atoms with Gasteiger partial charge in [0.15, 0.2) is 0 Å². The molecule has 1 heterocycles. The molecule has 0 bridgehead atoms. The molecule has 1 unspecified atom stereocenters. The standard InChI is InChI=1S/C10H19N3O/c1-10(2,3)9(11)12-7-5-6-13(4)8(7)14/h7H,5-6H2,1-4H3,(H2,11,12). The van der Waals surface area contributed by atoms with E-state index in [0.29, 0.717) is 5.84 Å². The second-order valence-corrected chi connectivity index (χ2v) is 4.83. The minimum absolute atomic E-state index is 0.0807. The van der Waals surface area contributed by atoms with Gasteiger partial charge < -0.3 is 10.6 Å². The van der Waals surface area contributed by atoms with E-state index in [2.05, 4.69) is 4.99 Å². The highest BCUT2D eigenvalue weighted by molar-refractivity contribution is 5.90. The molecular weight excluding hydrogens is 178 g/mol. The quantitative estimate of drug-likeness (QED) is 0.495. The third-order valence-corrected chi connectivity index (χ3v) is 2.46. The molecule has 1 amide bonds. The van der Waals surface area contributed by atoms with Crippen LogP contribution in [0, 0.1) is 5.41 Å². The van der Waals surface area contributed by atoms with E-state index in [1.807, 2.05) is 20.8 Å². The molecule has 1 aliphatic heterocycles. The van der Waals surface area contributed by atoms with Gasteiger partial charge in [0.1, 0.15) is 11.9 Å². The molecule has 0 aromatic rings. The number of hydrogen-bond acceptors (Lipinski definition) is 2. The van der Waals surface area contributed by atoms with Gasteiger partial charge in [-0.15, -0.1) is 0 Å². The largest absolute Gasteiger partial charge is 0.387 e. The molecule has 0 saturated carbocycles. The molecule has 4 heteroatoms. The van der Waals surface area contributed by atoms with Crippen molar-refractivity contribution in [1.29, 1.82) is 0 Å². The Balaban J connectivity index is 2.74. The Labute approximate surface area is 85.2 Å². The SMILES string of the molecule is CN1CCC(N=C(N)C(C)(C)C)C1=O. The Bertz CT molecular complexity index is 265. The van der Waals surface area contributed by atoms with Crippen LogP contribution in [0.3, 0.4) is 0 Å². The maximum atomic E-state index is 11.5. The van der Waals surface area contributed by atoms with Gasteiger partial charge in [0, 0.05) is 19.0 Å². The lowest BCUT2D eigenvalue weighted by Gasteiger charge is -2.18. The van der Waals surface area contributed by atoms with Crippen molar-refractivity contribution in [3.63, 3.8) is 0 Å². The number of likely N-dealkylation sites (tertiary alicyclic amines) is 1. The van der Waals surface area contributed by atoms with Crippen LogP contribution in [0.25, 0.3) is 0 Å². The molecule has 0 aromatic heterocycles. The molecule has 4 nitrogen and oxygen atoms in total. The lowest BCUT2D eigenvalue weighted by atomic mass is 9.95. The average Bonchev–Trinajstić information content (AvgIpc) is 2.34. The molecule has 0 radical (unpaired) electrons. The molecule has 1 aliphatic rings. The van der Waals surface area contributed by atoms with Crippen LogP contribution in [-0.2, 0) is 4.79 Å². The summed E-state index contributed by atoms with van der Waals surface area (Å²) >= 11 is 0. The molecule has 0 aromatic carbocycles. The number of rotatable bonds is 1. The van der Waals surface area contributed by atoms with E-state index >= 15 is 0 Å². The summed E-state index contributed by atoms with van der Waals surface area (Å²) in [6.45, 7) is 6.77. The maximum absolute atomic E-state index is 11.5. The van der Waals surface area contributed by atoms with Crippen molar-refractivity contribution >= 4 is 11.7 Å². The number of carbonyl (C=O) groups excluding carboxylic acids is 1. The van der Waals surface area contributed by atoms with E-state index < -0.39 is 0 Å². The zero-order valence-corrected chi connectivity index (χ0v) is 9.37. The number of aliphatic imine (C=N–C) groups is 1.